The Labute approximate surface area is 191 Å². The smallest absolute Gasteiger partial charge is 0.324 e. The number of benzene rings is 1. The molecule has 0 spiro atoms. The lowest BCUT2D eigenvalue weighted by Gasteiger charge is -2.26. The van der Waals surface area contributed by atoms with Gasteiger partial charge in [-0.05, 0) is 48.9 Å². The van der Waals surface area contributed by atoms with Crippen LogP contribution in [-0.4, -0.2) is 54.5 Å². The van der Waals surface area contributed by atoms with Gasteiger partial charge in [0.15, 0.2) is 11.5 Å². The van der Waals surface area contributed by atoms with Crippen LogP contribution in [0.5, 0.6) is 11.5 Å². The highest BCUT2D eigenvalue weighted by Gasteiger charge is 2.36. The van der Waals surface area contributed by atoms with E-state index in [1.807, 2.05) is 29.2 Å². The lowest BCUT2D eigenvalue weighted by Crippen LogP contribution is -2.33. The summed E-state index contributed by atoms with van der Waals surface area (Å²) in [5, 5.41) is 11.3. The summed E-state index contributed by atoms with van der Waals surface area (Å²) < 4.78 is 10.8. The molecule has 1 unspecified atom stereocenters. The molecule has 2 fully saturated rings. The highest BCUT2D eigenvalue weighted by Crippen LogP contribution is 2.34. The Kier molecular flexibility index (Phi) is 6.95. The summed E-state index contributed by atoms with van der Waals surface area (Å²) in [6, 6.07) is 9.29. The lowest BCUT2D eigenvalue weighted by molar-refractivity contribution is -0.380. The first-order chi connectivity index (χ1) is 15.5. The van der Waals surface area contributed by atoms with Crippen molar-refractivity contribution in [2.45, 2.75) is 32.4 Å². The standard InChI is InChI=1S/C23H29N3O5S/c1-30-20-7-3-16(11-21(20)31-2)12-24(15-19-6-8-22(32-19)26(28)29)13-17-9-10-25(14-17)23(27)18-4-5-18/h3,6-8,11,17-18H,4-5,9-10,12-15H2,1-2H3. The Morgan fingerprint density at radius 3 is 2.59 bits per heavy atom. The second-order valence-electron chi connectivity index (χ2n) is 8.57. The van der Waals surface area contributed by atoms with E-state index in [9.17, 15) is 14.9 Å². The Hall–Kier alpha value is -2.65. The van der Waals surface area contributed by atoms with Gasteiger partial charge in [-0.1, -0.05) is 17.4 Å². The number of rotatable bonds is 10. The predicted octanol–water partition coefficient (Wildman–Crippen LogP) is 3.93. The number of hydrogen-bond donors (Lipinski definition) is 0. The minimum absolute atomic E-state index is 0.160. The van der Waals surface area contributed by atoms with Crippen molar-refractivity contribution >= 4 is 22.2 Å². The van der Waals surface area contributed by atoms with Gasteiger partial charge in [0.25, 0.3) is 0 Å². The normalized spacial score (nSPS) is 18.2. The molecule has 1 aromatic heterocycles. The number of carbonyl (C=O) groups is 1. The van der Waals surface area contributed by atoms with Gasteiger partial charge in [0.2, 0.25) is 5.91 Å². The molecule has 0 radical (unpaired) electrons. The number of thiophene rings is 1. The monoisotopic (exact) mass is 459 g/mol. The third kappa shape index (κ3) is 5.39. The van der Waals surface area contributed by atoms with Crippen LogP contribution in [0.3, 0.4) is 0 Å². The maximum atomic E-state index is 12.4. The second-order valence-corrected chi connectivity index (χ2v) is 9.72. The van der Waals surface area contributed by atoms with Gasteiger partial charge in [0.1, 0.15) is 0 Å². The number of methoxy groups -OCH3 is 2. The van der Waals surface area contributed by atoms with Crippen LogP contribution < -0.4 is 9.47 Å². The SMILES string of the molecule is COc1ccc(CN(Cc2ccc([N+](=O)[O-])s2)CC2CCN(C(=O)C3CC3)C2)cc1OC. The van der Waals surface area contributed by atoms with Gasteiger partial charge >= 0.3 is 5.00 Å². The summed E-state index contributed by atoms with van der Waals surface area (Å²) >= 11 is 1.22. The molecule has 1 aliphatic carbocycles. The van der Waals surface area contributed by atoms with E-state index in [0.29, 0.717) is 36.4 Å². The van der Waals surface area contributed by atoms with Gasteiger partial charge in [0, 0.05) is 49.6 Å². The number of hydrogen-bond acceptors (Lipinski definition) is 7. The highest BCUT2D eigenvalue weighted by atomic mass is 32.1. The van der Waals surface area contributed by atoms with Gasteiger partial charge in [0.05, 0.1) is 19.1 Å². The van der Waals surface area contributed by atoms with Crippen molar-refractivity contribution in [1.29, 1.82) is 0 Å². The van der Waals surface area contributed by atoms with Gasteiger partial charge in [-0.2, -0.15) is 0 Å². The molecule has 1 aromatic carbocycles. The van der Waals surface area contributed by atoms with Crippen molar-refractivity contribution in [3.05, 3.63) is 50.9 Å². The maximum Gasteiger partial charge on any atom is 0.324 e. The zero-order valence-corrected chi connectivity index (χ0v) is 19.3. The average Bonchev–Trinajstić information content (AvgIpc) is 3.35. The molecule has 0 bridgehead atoms. The third-order valence-electron chi connectivity index (χ3n) is 6.10. The quantitative estimate of drug-likeness (QED) is 0.395. The molecule has 0 N–H and O–H groups in total. The van der Waals surface area contributed by atoms with Gasteiger partial charge in [-0.25, -0.2) is 0 Å². The minimum Gasteiger partial charge on any atom is -0.493 e. The van der Waals surface area contributed by atoms with E-state index in [1.165, 1.54) is 11.3 Å². The van der Waals surface area contributed by atoms with E-state index < -0.39 is 0 Å². The zero-order chi connectivity index (χ0) is 22.7. The van der Waals surface area contributed by atoms with Crippen molar-refractivity contribution in [1.82, 2.24) is 9.80 Å². The van der Waals surface area contributed by atoms with Crippen LogP contribution in [0.15, 0.2) is 30.3 Å². The van der Waals surface area contributed by atoms with Crippen molar-refractivity contribution in [2.75, 3.05) is 33.9 Å². The topological polar surface area (TPSA) is 85.2 Å². The van der Waals surface area contributed by atoms with E-state index in [0.717, 1.165) is 49.3 Å². The summed E-state index contributed by atoms with van der Waals surface area (Å²) in [5.41, 5.74) is 1.08. The number of ether oxygens (including phenoxy) is 2. The van der Waals surface area contributed by atoms with Crippen LogP contribution >= 0.6 is 11.3 Å². The molecular weight excluding hydrogens is 430 g/mol. The van der Waals surface area contributed by atoms with E-state index in [2.05, 4.69) is 4.90 Å². The first kappa shape index (κ1) is 22.5. The van der Waals surface area contributed by atoms with Crippen molar-refractivity contribution in [3.8, 4) is 11.5 Å². The summed E-state index contributed by atoms with van der Waals surface area (Å²) in [7, 11) is 3.23. The van der Waals surface area contributed by atoms with Crippen LogP contribution in [0.25, 0.3) is 0 Å². The van der Waals surface area contributed by atoms with Crippen LogP contribution in [0.1, 0.15) is 29.7 Å². The number of amides is 1. The molecule has 2 aromatic rings. The van der Waals surface area contributed by atoms with Crippen molar-refractivity contribution in [2.24, 2.45) is 11.8 Å². The number of nitrogens with zero attached hydrogens (tertiary/aromatic N) is 3. The van der Waals surface area contributed by atoms with Gasteiger partial charge in [-0.15, -0.1) is 0 Å². The average molecular weight is 460 g/mol. The Morgan fingerprint density at radius 2 is 1.94 bits per heavy atom. The molecule has 1 saturated carbocycles. The zero-order valence-electron chi connectivity index (χ0n) is 18.5. The first-order valence-corrected chi connectivity index (χ1v) is 11.7. The fraction of sp³-hybridized carbons (Fsp3) is 0.522. The van der Waals surface area contributed by atoms with E-state index in [1.54, 1.807) is 20.3 Å². The fourth-order valence-electron chi connectivity index (χ4n) is 4.33. The van der Waals surface area contributed by atoms with Gasteiger partial charge in [-0.3, -0.25) is 19.8 Å². The fourth-order valence-corrected chi connectivity index (χ4v) is 5.19. The first-order valence-electron chi connectivity index (χ1n) is 10.9. The summed E-state index contributed by atoms with van der Waals surface area (Å²) in [5.74, 6) is 2.32. The van der Waals surface area contributed by atoms with Crippen LogP contribution in [-0.2, 0) is 17.9 Å². The minimum atomic E-state index is -0.342. The largest absolute Gasteiger partial charge is 0.493 e. The Balaban J connectivity index is 1.47. The number of carbonyl (C=O) groups excluding carboxylic acids is 1. The highest BCUT2D eigenvalue weighted by molar-refractivity contribution is 7.15. The summed E-state index contributed by atoms with van der Waals surface area (Å²) in [4.78, 5) is 28.5. The second kappa shape index (κ2) is 9.87. The third-order valence-corrected chi connectivity index (χ3v) is 7.12. The van der Waals surface area contributed by atoms with E-state index in [-0.39, 0.29) is 15.8 Å². The molecule has 4 rings (SSSR count). The molecule has 9 heteroatoms. The number of nitro groups is 1. The molecule has 1 atom stereocenters. The molecule has 1 amide bonds. The number of likely N-dealkylation sites (tertiary alicyclic amines) is 1. The van der Waals surface area contributed by atoms with Crippen LogP contribution in [0, 0.1) is 22.0 Å². The summed E-state index contributed by atoms with van der Waals surface area (Å²) in [6.45, 7) is 3.75. The van der Waals surface area contributed by atoms with E-state index in [4.69, 9.17) is 9.47 Å². The molecule has 172 valence electrons. The van der Waals surface area contributed by atoms with Crippen LogP contribution in [0.2, 0.25) is 0 Å². The molecule has 32 heavy (non-hydrogen) atoms. The Morgan fingerprint density at radius 1 is 1.16 bits per heavy atom. The predicted molar refractivity (Wildman–Crippen MR) is 122 cm³/mol. The molecular formula is C23H29N3O5S. The lowest BCUT2D eigenvalue weighted by atomic mass is 10.1. The van der Waals surface area contributed by atoms with Crippen molar-refractivity contribution < 1.29 is 19.2 Å². The summed E-state index contributed by atoms with van der Waals surface area (Å²) in [6.07, 6.45) is 3.05. The van der Waals surface area contributed by atoms with Gasteiger partial charge < -0.3 is 14.4 Å². The molecule has 8 nitrogen and oxygen atoms in total. The molecule has 1 aliphatic heterocycles. The van der Waals surface area contributed by atoms with Crippen molar-refractivity contribution in [3.63, 3.8) is 0 Å². The van der Waals surface area contributed by atoms with Crippen LogP contribution in [0.4, 0.5) is 5.00 Å². The Bertz CT molecular complexity index is 974. The molecule has 2 aliphatic rings. The molecule has 1 saturated heterocycles. The van der Waals surface area contributed by atoms with E-state index >= 15 is 0 Å². The molecule has 2 heterocycles. The maximum absolute atomic E-state index is 12.4.